The van der Waals surface area contributed by atoms with Crippen LogP contribution in [0.4, 0.5) is 0 Å². The molecule has 0 unspecified atom stereocenters. The molecule has 5 atom stereocenters. The molecule has 0 saturated carbocycles. The fourth-order valence-corrected chi connectivity index (χ4v) is 23.1. The van der Waals surface area contributed by atoms with Gasteiger partial charge in [0.05, 0.1) is 6.61 Å². The predicted octanol–water partition coefficient (Wildman–Crippen LogP) is 13.9. The summed E-state index contributed by atoms with van der Waals surface area (Å²) in [6.07, 6.45) is 15.6. The van der Waals surface area contributed by atoms with E-state index in [-0.39, 0.29) is 33.9 Å². The molecule has 0 spiro atoms. The minimum atomic E-state index is -2.35. The van der Waals surface area contributed by atoms with Gasteiger partial charge in [0.25, 0.3) is 0 Å². The second-order valence-corrected chi connectivity index (χ2v) is 41.3. The summed E-state index contributed by atoms with van der Waals surface area (Å²) < 4.78 is 20.9. The molecule has 0 saturated heterocycles. The average Bonchev–Trinajstić information content (AvgIpc) is 2.97. The van der Waals surface area contributed by atoms with Gasteiger partial charge in [-0.05, 0) is 18.1 Å². The molecule has 284 valence electrons. The summed E-state index contributed by atoms with van der Waals surface area (Å²) in [6.45, 7) is 42.2. The van der Waals surface area contributed by atoms with E-state index >= 15 is 0 Å². The van der Waals surface area contributed by atoms with Gasteiger partial charge in [-0.1, -0.05) is 20.8 Å². The molecule has 0 radical (unpaired) electrons. The van der Waals surface area contributed by atoms with Gasteiger partial charge in [-0.3, -0.25) is 0 Å². The second kappa shape index (κ2) is 21.8. The zero-order valence-electron chi connectivity index (χ0n) is 35.7. The minimum absolute atomic E-state index is 0.0155. The van der Waals surface area contributed by atoms with Crippen LogP contribution in [0.1, 0.15) is 142 Å². The first-order valence-electron chi connectivity index (χ1n) is 19.9. The summed E-state index contributed by atoms with van der Waals surface area (Å²) in [5.41, 5.74) is 2.67. The van der Waals surface area contributed by atoms with E-state index in [0.717, 1.165) is 6.42 Å². The Morgan fingerprint density at radius 2 is 1.23 bits per heavy atom. The van der Waals surface area contributed by atoms with E-state index in [9.17, 15) is 5.11 Å². The summed E-state index contributed by atoms with van der Waals surface area (Å²) in [5, 5.41) is 12.2. The Morgan fingerprint density at radius 3 is 1.65 bits per heavy atom. The predicted molar refractivity (Wildman–Crippen MR) is 225 cm³/mol. The standard InChI is InChI=1S/C30H59O3Si2.3C4H9.Sn/c1-17-22(2)20-24(4)27(31)26(6)28(33-35(15,16)30(10,11)12)25(5)21-23(3)18-19-32-34(13,14)29(7,8)9;3*1-3-4-2;/h1,17-18,20,24-28,31H,19,21H2,2-16H3;3*1,3-4H2,2H3;/b17-1?,22-20+,23-18+;;;;/t24-,25+,26-,27-,28-;;;;/m1..../s1. The van der Waals surface area contributed by atoms with Crippen molar-refractivity contribution < 1.29 is 14.0 Å². The van der Waals surface area contributed by atoms with Crippen LogP contribution >= 0.6 is 0 Å². The Hall–Kier alpha value is 0.332. The van der Waals surface area contributed by atoms with Crippen LogP contribution in [0.2, 0.25) is 49.6 Å². The number of allylic oxidation sites excluding steroid dienone is 3. The zero-order valence-corrected chi connectivity index (χ0v) is 40.6. The molecule has 0 aromatic heterocycles. The van der Waals surface area contributed by atoms with Crippen LogP contribution in [-0.4, -0.2) is 58.9 Å². The van der Waals surface area contributed by atoms with Crippen LogP contribution in [0.25, 0.3) is 0 Å². The quantitative estimate of drug-likeness (QED) is 0.0634. The third-order valence-electron chi connectivity index (χ3n) is 12.0. The molecule has 0 amide bonds. The number of rotatable bonds is 23. The van der Waals surface area contributed by atoms with E-state index in [0.29, 0.717) is 6.61 Å². The van der Waals surface area contributed by atoms with Crippen molar-refractivity contribution in [2.24, 2.45) is 17.8 Å². The SMILES string of the molecule is CCC[CH2][Sn](/[CH]=C/C(C)=C/[C@@H](C)[C@@H](O)[C@@H](C)[C@H](O[Si](C)(C)C(C)(C)C)[C@@H](C)C/C(C)=C/CO[Si](C)(C)C(C)(C)C)([CH2]CCC)[CH2]CCC. The van der Waals surface area contributed by atoms with Crippen LogP contribution in [-0.2, 0) is 8.85 Å². The summed E-state index contributed by atoms with van der Waals surface area (Å²) >= 11 is -2.35. The summed E-state index contributed by atoms with van der Waals surface area (Å²) in [6, 6.07) is 0. The van der Waals surface area contributed by atoms with Gasteiger partial charge < -0.3 is 4.43 Å². The maximum absolute atomic E-state index is 11.9. The van der Waals surface area contributed by atoms with Crippen molar-refractivity contribution in [3.63, 3.8) is 0 Å². The van der Waals surface area contributed by atoms with Gasteiger partial charge >= 0.3 is 252 Å². The van der Waals surface area contributed by atoms with Crippen molar-refractivity contribution >= 4 is 35.0 Å². The van der Waals surface area contributed by atoms with Crippen LogP contribution in [0.3, 0.4) is 0 Å². The Morgan fingerprint density at radius 1 is 0.771 bits per heavy atom. The molecule has 0 fully saturated rings. The van der Waals surface area contributed by atoms with E-state index in [4.69, 9.17) is 8.85 Å². The molecule has 0 aliphatic heterocycles. The van der Waals surface area contributed by atoms with Crippen LogP contribution in [0, 0.1) is 17.8 Å². The topological polar surface area (TPSA) is 38.7 Å². The third-order valence-corrected chi connectivity index (χ3v) is 35.1. The summed E-state index contributed by atoms with van der Waals surface area (Å²) in [4.78, 5) is 0. The van der Waals surface area contributed by atoms with Gasteiger partial charge in [-0.15, -0.1) is 0 Å². The van der Waals surface area contributed by atoms with E-state index in [1.54, 1.807) is 0 Å². The summed E-state index contributed by atoms with van der Waals surface area (Å²) in [5.74, 6) is 0.365. The molecular weight excluding hydrogens is 727 g/mol. The van der Waals surface area contributed by atoms with Gasteiger partial charge in [0.1, 0.15) is 0 Å². The number of hydrogen-bond acceptors (Lipinski definition) is 3. The Kier molecular flexibility index (Phi) is 21.9. The molecule has 0 aromatic carbocycles. The molecule has 0 aromatic rings. The fraction of sp³-hybridized carbons (Fsp3) is 0.857. The molecule has 0 bridgehead atoms. The van der Waals surface area contributed by atoms with Crippen LogP contribution < -0.4 is 0 Å². The van der Waals surface area contributed by atoms with Crippen molar-refractivity contribution in [3.8, 4) is 0 Å². The van der Waals surface area contributed by atoms with Crippen LogP contribution in [0.5, 0.6) is 0 Å². The molecule has 48 heavy (non-hydrogen) atoms. The third kappa shape index (κ3) is 16.8. The second-order valence-electron chi connectivity index (χ2n) is 18.8. The van der Waals surface area contributed by atoms with Crippen LogP contribution in [0.15, 0.2) is 33.5 Å². The van der Waals surface area contributed by atoms with Crippen molar-refractivity contribution in [3.05, 3.63) is 33.5 Å². The monoisotopic (exact) mass is 815 g/mol. The molecule has 0 rings (SSSR count). The Bertz CT molecular complexity index is 964. The fourth-order valence-electron chi connectivity index (χ4n) is 6.34. The van der Waals surface area contributed by atoms with Crippen molar-refractivity contribution in [1.82, 2.24) is 0 Å². The van der Waals surface area contributed by atoms with E-state index in [1.807, 2.05) is 0 Å². The summed E-state index contributed by atoms with van der Waals surface area (Å²) in [7, 11) is -3.85. The first-order chi connectivity index (χ1) is 21.9. The Balaban J connectivity index is 6.18. The van der Waals surface area contributed by atoms with Gasteiger partial charge in [0, 0.05) is 0 Å². The first-order valence-corrected chi connectivity index (χ1v) is 33.4. The average molecular weight is 814 g/mol. The molecule has 6 heteroatoms. The molecule has 0 aliphatic rings. The number of unbranched alkanes of at least 4 members (excludes halogenated alkanes) is 3. The first kappa shape index (κ1) is 48.3. The Labute approximate surface area is 308 Å². The van der Waals surface area contributed by atoms with Gasteiger partial charge in [0.2, 0.25) is 0 Å². The van der Waals surface area contributed by atoms with Gasteiger partial charge in [-0.2, -0.15) is 0 Å². The van der Waals surface area contributed by atoms with Gasteiger partial charge in [-0.25, -0.2) is 0 Å². The normalized spacial score (nSPS) is 17.9. The number of aliphatic hydroxyl groups excluding tert-OH is 1. The van der Waals surface area contributed by atoms with Crippen molar-refractivity contribution in [1.29, 1.82) is 0 Å². The molecule has 3 nitrogen and oxygen atoms in total. The maximum atomic E-state index is 11.9. The zero-order chi connectivity index (χ0) is 37.6. The number of hydrogen-bond donors (Lipinski definition) is 1. The van der Waals surface area contributed by atoms with Crippen molar-refractivity contribution in [2.75, 3.05) is 6.61 Å². The molecule has 0 heterocycles. The molecule has 0 aliphatic carbocycles. The molecule has 1 N–H and O–H groups in total. The van der Waals surface area contributed by atoms with Crippen molar-refractivity contribution in [2.45, 2.75) is 204 Å². The van der Waals surface area contributed by atoms with E-state index in [1.165, 1.54) is 63.0 Å². The van der Waals surface area contributed by atoms with E-state index < -0.39 is 41.1 Å². The number of aliphatic hydroxyl groups is 1. The van der Waals surface area contributed by atoms with E-state index in [2.05, 4.69) is 145 Å². The molecular formula is C42H86O3Si2Sn. The van der Waals surface area contributed by atoms with Gasteiger partial charge in [0.15, 0.2) is 8.32 Å².